The average molecular weight is 284 g/mol. The zero-order chi connectivity index (χ0) is 14.9. The van der Waals surface area contributed by atoms with E-state index in [1.807, 2.05) is 0 Å². The van der Waals surface area contributed by atoms with E-state index in [0.29, 0.717) is 0 Å². The molecule has 1 aromatic carbocycles. The van der Waals surface area contributed by atoms with Crippen molar-refractivity contribution in [3.05, 3.63) is 35.9 Å². The summed E-state index contributed by atoms with van der Waals surface area (Å²) in [4.78, 5) is 12.3. The van der Waals surface area contributed by atoms with E-state index >= 15 is 0 Å². The maximum atomic E-state index is 12.3. The third-order valence-corrected chi connectivity index (χ3v) is 3.42. The number of carbonyl (C=O) groups is 1. The molecule has 1 fully saturated rings. The van der Waals surface area contributed by atoms with Crippen molar-refractivity contribution in [1.29, 1.82) is 0 Å². The van der Waals surface area contributed by atoms with Gasteiger partial charge in [-0.3, -0.25) is 4.79 Å². The molecule has 1 aliphatic rings. The van der Waals surface area contributed by atoms with Crippen molar-refractivity contribution in [3.63, 3.8) is 0 Å². The number of aliphatic hydroxyl groups is 5. The molecule has 0 spiro atoms. The Balaban J connectivity index is 2.35. The standard InChI is InChI=1S/C13H16O7/c14-6-8-9(15)11(17)13(19,12(18)20-8)10(16)7-4-2-1-3-5-7/h1-5,8-9,11-12,14-15,17-19H,6H2/t8-,9-,11+,12?,13-/m0/s1. The van der Waals surface area contributed by atoms with Crippen molar-refractivity contribution < 1.29 is 35.1 Å². The topological polar surface area (TPSA) is 127 Å². The number of aliphatic hydroxyl groups excluding tert-OH is 4. The second kappa shape index (κ2) is 5.57. The van der Waals surface area contributed by atoms with E-state index in [4.69, 9.17) is 9.84 Å². The predicted octanol–water partition coefficient (Wildman–Crippen LogP) is -1.97. The van der Waals surface area contributed by atoms with E-state index in [1.165, 1.54) is 12.1 Å². The number of Topliss-reactive ketones (excluding diaryl/α,β-unsaturated/α-hetero) is 1. The Morgan fingerprint density at radius 2 is 1.80 bits per heavy atom. The van der Waals surface area contributed by atoms with E-state index in [-0.39, 0.29) is 5.56 Å². The lowest BCUT2D eigenvalue weighted by molar-refractivity contribution is -0.310. The Kier molecular flexibility index (Phi) is 4.19. The Hall–Kier alpha value is -1.35. The van der Waals surface area contributed by atoms with Crippen molar-refractivity contribution in [2.24, 2.45) is 0 Å². The lowest BCUT2D eigenvalue weighted by atomic mass is 9.81. The van der Waals surface area contributed by atoms with Gasteiger partial charge in [-0.2, -0.15) is 0 Å². The normalized spacial score (nSPS) is 37.6. The lowest BCUT2D eigenvalue weighted by Gasteiger charge is -2.44. The van der Waals surface area contributed by atoms with Gasteiger partial charge in [-0.05, 0) is 0 Å². The van der Waals surface area contributed by atoms with E-state index in [0.717, 1.165) is 0 Å². The summed E-state index contributed by atoms with van der Waals surface area (Å²) in [6.07, 6.45) is -7.05. The molecule has 0 radical (unpaired) electrons. The van der Waals surface area contributed by atoms with Crippen LogP contribution in [0.5, 0.6) is 0 Å². The van der Waals surface area contributed by atoms with Gasteiger partial charge in [0.25, 0.3) is 0 Å². The number of benzene rings is 1. The molecule has 1 aromatic rings. The molecule has 110 valence electrons. The summed E-state index contributed by atoms with van der Waals surface area (Å²) in [6, 6.07) is 7.54. The first-order valence-corrected chi connectivity index (χ1v) is 6.05. The van der Waals surface area contributed by atoms with Crippen LogP contribution >= 0.6 is 0 Å². The molecule has 2 rings (SSSR count). The number of hydrogen-bond donors (Lipinski definition) is 5. The van der Waals surface area contributed by atoms with E-state index in [9.17, 15) is 25.2 Å². The van der Waals surface area contributed by atoms with Gasteiger partial charge in [0.2, 0.25) is 11.4 Å². The third-order valence-electron chi connectivity index (χ3n) is 3.42. The summed E-state index contributed by atoms with van der Waals surface area (Å²) in [5.74, 6) is -0.978. The van der Waals surface area contributed by atoms with Gasteiger partial charge in [0.15, 0.2) is 6.29 Å². The van der Waals surface area contributed by atoms with Crippen LogP contribution in [0, 0.1) is 0 Å². The largest absolute Gasteiger partial charge is 0.394 e. The van der Waals surface area contributed by atoms with Gasteiger partial charge in [-0.25, -0.2) is 0 Å². The van der Waals surface area contributed by atoms with E-state index in [2.05, 4.69) is 0 Å². The summed E-state index contributed by atoms with van der Waals surface area (Å²) in [7, 11) is 0. The summed E-state index contributed by atoms with van der Waals surface area (Å²) in [6.45, 7) is -0.676. The predicted molar refractivity (Wildman–Crippen MR) is 65.7 cm³/mol. The Bertz CT molecular complexity index is 477. The molecule has 1 unspecified atom stereocenters. The van der Waals surface area contributed by atoms with E-state index < -0.39 is 42.6 Å². The first kappa shape index (κ1) is 15.0. The molecule has 0 bridgehead atoms. The molecule has 0 saturated carbocycles. The molecule has 7 nitrogen and oxygen atoms in total. The summed E-state index contributed by atoms with van der Waals surface area (Å²) < 4.78 is 4.80. The Labute approximate surface area is 114 Å². The molecule has 7 heteroatoms. The van der Waals surface area contributed by atoms with Gasteiger partial charge in [0.05, 0.1) is 6.61 Å². The minimum atomic E-state index is -2.70. The zero-order valence-corrected chi connectivity index (χ0v) is 10.5. The van der Waals surface area contributed by atoms with Crippen LogP contribution in [0.1, 0.15) is 10.4 Å². The second-order valence-corrected chi connectivity index (χ2v) is 4.67. The van der Waals surface area contributed by atoms with Crippen molar-refractivity contribution >= 4 is 5.78 Å². The van der Waals surface area contributed by atoms with Gasteiger partial charge in [0.1, 0.15) is 18.3 Å². The SMILES string of the molecule is O=C(c1ccccc1)[C@@]1(O)C(O)O[C@@H](CO)[C@H](O)[C@H]1O. The average Bonchev–Trinajstić information content (AvgIpc) is 2.48. The molecule has 0 amide bonds. The fourth-order valence-electron chi connectivity index (χ4n) is 2.18. The van der Waals surface area contributed by atoms with Crippen LogP contribution in [0.4, 0.5) is 0 Å². The number of ketones is 1. The van der Waals surface area contributed by atoms with Crippen LogP contribution in [-0.4, -0.2) is 68.1 Å². The van der Waals surface area contributed by atoms with Gasteiger partial charge in [-0.15, -0.1) is 0 Å². The van der Waals surface area contributed by atoms with Gasteiger partial charge in [0, 0.05) is 5.56 Å². The van der Waals surface area contributed by atoms with Gasteiger partial charge >= 0.3 is 0 Å². The van der Waals surface area contributed by atoms with Crippen LogP contribution in [0.2, 0.25) is 0 Å². The molecule has 5 atom stereocenters. The fraction of sp³-hybridized carbons (Fsp3) is 0.462. The van der Waals surface area contributed by atoms with Crippen molar-refractivity contribution in [3.8, 4) is 0 Å². The molecule has 1 heterocycles. The van der Waals surface area contributed by atoms with Gasteiger partial charge in [-0.1, -0.05) is 30.3 Å². The first-order chi connectivity index (χ1) is 9.42. The van der Waals surface area contributed by atoms with Crippen LogP contribution in [0.3, 0.4) is 0 Å². The molecule has 20 heavy (non-hydrogen) atoms. The Morgan fingerprint density at radius 1 is 1.20 bits per heavy atom. The van der Waals surface area contributed by atoms with Crippen molar-refractivity contribution in [1.82, 2.24) is 0 Å². The smallest absolute Gasteiger partial charge is 0.207 e. The van der Waals surface area contributed by atoms with Crippen LogP contribution in [0.25, 0.3) is 0 Å². The molecule has 5 N–H and O–H groups in total. The Morgan fingerprint density at radius 3 is 2.35 bits per heavy atom. The van der Waals surface area contributed by atoms with Crippen LogP contribution < -0.4 is 0 Å². The minimum absolute atomic E-state index is 0.0475. The number of ether oxygens (including phenoxy) is 1. The number of carbonyl (C=O) groups excluding carboxylic acids is 1. The molecule has 0 aromatic heterocycles. The van der Waals surface area contributed by atoms with Crippen LogP contribution in [0.15, 0.2) is 30.3 Å². The maximum absolute atomic E-state index is 12.3. The quantitative estimate of drug-likeness (QED) is 0.407. The van der Waals surface area contributed by atoms with E-state index in [1.54, 1.807) is 18.2 Å². The molecule has 1 saturated heterocycles. The van der Waals surface area contributed by atoms with Crippen LogP contribution in [-0.2, 0) is 4.74 Å². The summed E-state index contributed by atoms with van der Waals surface area (Å²) >= 11 is 0. The molecule has 0 aliphatic carbocycles. The third kappa shape index (κ3) is 2.24. The lowest BCUT2D eigenvalue weighted by Crippen LogP contribution is -2.69. The maximum Gasteiger partial charge on any atom is 0.207 e. The first-order valence-electron chi connectivity index (χ1n) is 6.05. The van der Waals surface area contributed by atoms with Crippen molar-refractivity contribution in [2.75, 3.05) is 6.61 Å². The molecule has 1 aliphatic heterocycles. The monoisotopic (exact) mass is 284 g/mol. The van der Waals surface area contributed by atoms with Crippen molar-refractivity contribution in [2.45, 2.75) is 30.2 Å². The minimum Gasteiger partial charge on any atom is -0.394 e. The highest BCUT2D eigenvalue weighted by Gasteiger charge is 2.58. The summed E-state index contributed by atoms with van der Waals surface area (Å²) in [5, 5.41) is 48.7. The molecular formula is C13H16O7. The number of rotatable bonds is 3. The zero-order valence-electron chi connectivity index (χ0n) is 10.5. The molecular weight excluding hydrogens is 268 g/mol. The highest BCUT2D eigenvalue weighted by atomic mass is 16.6. The highest BCUT2D eigenvalue weighted by molar-refractivity contribution is 6.03. The highest BCUT2D eigenvalue weighted by Crippen LogP contribution is 2.31. The van der Waals surface area contributed by atoms with Gasteiger partial charge < -0.3 is 30.3 Å². The summed E-state index contributed by atoms with van der Waals surface area (Å²) in [5.41, 5.74) is -2.65. The fourth-order valence-corrected chi connectivity index (χ4v) is 2.18. The number of hydrogen-bond acceptors (Lipinski definition) is 7. The second-order valence-electron chi connectivity index (χ2n) is 4.67.